The van der Waals surface area contributed by atoms with Crippen LogP contribution >= 0.6 is 22.7 Å². The van der Waals surface area contributed by atoms with Gasteiger partial charge in [-0.25, -0.2) is 9.59 Å². The lowest BCUT2D eigenvalue weighted by Gasteiger charge is -2.33. The van der Waals surface area contributed by atoms with Crippen molar-refractivity contribution in [2.45, 2.75) is 57.5 Å². The van der Waals surface area contributed by atoms with Crippen molar-refractivity contribution in [1.29, 1.82) is 5.26 Å². The minimum atomic E-state index is -0.984. The highest BCUT2D eigenvalue weighted by molar-refractivity contribution is 7.29. The molecule has 0 radical (unpaired) electrons. The molecule has 3 aromatic heterocycles. The smallest absolute Gasteiger partial charge is 0.419 e. The van der Waals surface area contributed by atoms with Gasteiger partial charge in [0.25, 0.3) is 5.91 Å². The maximum atomic E-state index is 13.3. The molecule has 43 heavy (non-hydrogen) atoms. The zero-order valence-electron chi connectivity index (χ0n) is 24.7. The molecule has 1 aliphatic rings. The third-order valence-corrected chi connectivity index (χ3v) is 9.44. The van der Waals surface area contributed by atoms with Gasteiger partial charge in [0.05, 0.1) is 30.8 Å². The average molecular weight is 627 g/mol. The molecule has 13 heteroatoms. The van der Waals surface area contributed by atoms with Gasteiger partial charge in [-0.2, -0.15) is 5.26 Å². The normalized spacial score (nSPS) is 18.7. The summed E-state index contributed by atoms with van der Waals surface area (Å²) in [4.78, 5) is 41.4. The number of thiophene rings is 2. The average Bonchev–Trinajstić information content (AvgIpc) is 3.58. The lowest BCUT2D eigenvalue weighted by atomic mass is 10.1. The van der Waals surface area contributed by atoms with E-state index >= 15 is 0 Å². The van der Waals surface area contributed by atoms with Gasteiger partial charge in [0.1, 0.15) is 11.6 Å². The quantitative estimate of drug-likeness (QED) is 0.326. The number of benzene rings is 1. The molecule has 0 aliphatic carbocycles. The summed E-state index contributed by atoms with van der Waals surface area (Å²) in [5, 5.41) is 12.7. The number of ether oxygens (including phenoxy) is 3. The predicted octanol–water partition coefficient (Wildman–Crippen LogP) is 4.67. The summed E-state index contributed by atoms with van der Waals surface area (Å²) in [7, 11) is 3.24. The Balaban J connectivity index is 1.26. The van der Waals surface area contributed by atoms with Crippen LogP contribution in [0.5, 0.6) is 0 Å². The van der Waals surface area contributed by atoms with Crippen molar-refractivity contribution in [3.63, 3.8) is 0 Å². The topological polar surface area (TPSA) is 136 Å². The van der Waals surface area contributed by atoms with E-state index in [-0.39, 0.29) is 19.3 Å². The highest BCUT2D eigenvalue weighted by Gasteiger charge is 2.32. The number of oxazole rings is 1. The van der Waals surface area contributed by atoms with Crippen LogP contribution in [-0.2, 0) is 32.5 Å². The molecule has 11 nitrogen and oxygen atoms in total. The Morgan fingerprint density at radius 3 is 2.67 bits per heavy atom. The van der Waals surface area contributed by atoms with Crippen LogP contribution in [0.4, 0.5) is 4.79 Å². The van der Waals surface area contributed by atoms with Crippen LogP contribution in [-0.4, -0.2) is 72.1 Å². The Morgan fingerprint density at radius 2 is 1.98 bits per heavy atom. The summed E-state index contributed by atoms with van der Waals surface area (Å²) < 4.78 is 25.7. The molecule has 1 saturated heterocycles. The number of aryl methyl sites for hydroxylation is 1. The lowest BCUT2D eigenvalue weighted by molar-refractivity contribution is -0.139. The number of nitrogens with one attached hydrogen (secondary N) is 1. The van der Waals surface area contributed by atoms with Gasteiger partial charge in [0, 0.05) is 46.3 Å². The van der Waals surface area contributed by atoms with Crippen LogP contribution in [0.1, 0.15) is 32.1 Å². The van der Waals surface area contributed by atoms with Crippen LogP contribution in [0.15, 0.2) is 39.5 Å². The molecule has 1 N–H and O–H groups in total. The Hall–Kier alpha value is -3.70. The molecule has 228 valence electrons. The number of rotatable bonds is 6. The first-order chi connectivity index (χ1) is 20.4. The van der Waals surface area contributed by atoms with E-state index < -0.39 is 35.5 Å². The van der Waals surface area contributed by atoms with Crippen LogP contribution in [0, 0.1) is 11.3 Å². The first kappa shape index (κ1) is 30.7. The van der Waals surface area contributed by atoms with E-state index in [2.05, 4.69) is 17.5 Å². The molecule has 0 saturated carbocycles. The van der Waals surface area contributed by atoms with E-state index in [1.807, 2.05) is 18.2 Å². The van der Waals surface area contributed by atoms with Crippen LogP contribution < -0.4 is 11.1 Å². The molecule has 4 heterocycles. The summed E-state index contributed by atoms with van der Waals surface area (Å²) in [5.41, 5.74) is 1.57. The van der Waals surface area contributed by atoms with Gasteiger partial charge in [-0.1, -0.05) is 0 Å². The van der Waals surface area contributed by atoms with Crippen molar-refractivity contribution in [1.82, 2.24) is 14.8 Å². The Kier molecular flexibility index (Phi) is 8.94. The molecule has 4 aromatic rings. The SMILES string of the molecule is CO[C@@H]1CCN(C(=O)OC(C)(C)C)C[C@@H](C(=O)NC(C#N)Cc2cc3sc(-c4ccc5oc(=O)n(C)c5c4)cc3s2)OC1. The number of carbonyl (C=O) groups is 2. The fourth-order valence-electron chi connectivity index (χ4n) is 4.79. The second-order valence-electron chi connectivity index (χ2n) is 11.5. The van der Waals surface area contributed by atoms with Gasteiger partial charge in [-0.15, -0.1) is 22.7 Å². The Labute approximate surface area is 256 Å². The molecular weight excluding hydrogens is 592 g/mol. The number of nitrogens with zero attached hydrogens (tertiary/aromatic N) is 3. The number of amides is 2. The van der Waals surface area contributed by atoms with E-state index in [0.29, 0.717) is 25.0 Å². The van der Waals surface area contributed by atoms with Crippen LogP contribution in [0.3, 0.4) is 0 Å². The van der Waals surface area contributed by atoms with Gasteiger partial charge in [-0.3, -0.25) is 9.36 Å². The number of hydrogen-bond acceptors (Lipinski definition) is 10. The highest BCUT2D eigenvalue weighted by Crippen LogP contribution is 2.39. The van der Waals surface area contributed by atoms with Crippen molar-refractivity contribution in [3.8, 4) is 16.5 Å². The van der Waals surface area contributed by atoms with Crippen molar-refractivity contribution in [3.05, 3.63) is 45.8 Å². The first-order valence-corrected chi connectivity index (χ1v) is 15.5. The molecule has 5 rings (SSSR count). The van der Waals surface area contributed by atoms with E-state index in [1.54, 1.807) is 63.7 Å². The zero-order valence-corrected chi connectivity index (χ0v) is 26.3. The highest BCUT2D eigenvalue weighted by atomic mass is 32.1. The molecule has 1 fully saturated rings. The Bertz CT molecular complexity index is 1710. The summed E-state index contributed by atoms with van der Waals surface area (Å²) in [5.74, 6) is -0.870. The zero-order chi connectivity index (χ0) is 30.9. The summed E-state index contributed by atoms with van der Waals surface area (Å²) in [6, 6.07) is 11.2. The van der Waals surface area contributed by atoms with Gasteiger partial charge in [0.15, 0.2) is 11.7 Å². The first-order valence-electron chi connectivity index (χ1n) is 13.9. The van der Waals surface area contributed by atoms with Crippen molar-refractivity contribution in [2.75, 3.05) is 26.8 Å². The summed E-state index contributed by atoms with van der Waals surface area (Å²) >= 11 is 3.18. The van der Waals surface area contributed by atoms with Gasteiger partial charge >= 0.3 is 11.8 Å². The van der Waals surface area contributed by atoms with Crippen molar-refractivity contribution >= 4 is 55.2 Å². The number of carbonyl (C=O) groups excluding carboxylic acids is 2. The molecule has 0 bridgehead atoms. The van der Waals surface area contributed by atoms with Crippen LogP contribution in [0.2, 0.25) is 0 Å². The second kappa shape index (κ2) is 12.5. The van der Waals surface area contributed by atoms with E-state index in [1.165, 1.54) is 9.47 Å². The summed E-state index contributed by atoms with van der Waals surface area (Å²) in [6.45, 7) is 5.90. The molecule has 1 aromatic carbocycles. The molecule has 1 aliphatic heterocycles. The largest absolute Gasteiger partial charge is 0.444 e. The lowest BCUT2D eigenvalue weighted by Crippen LogP contribution is -2.52. The second-order valence-corrected chi connectivity index (χ2v) is 13.7. The third-order valence-electron chi connectivity index (χ3n) is 7.08. The number of methoxy groups -OCH3 is 1. The van der Waals surface area contributed by atoms with Gasteiger partial charge in [-0.05, 0) is 63.1 Å². The summed E-state index contributed by atoms with van der Waals surface area (Å²) in [6.07, 6.45) is -0.933. The molecule has 0 spiro atoms. The molecule has 1 unspecified atom stereocenters. The fourth-order valence-corrected chi connectivity index (χ4v) is 7.25. The maximum Gasteiger partial charge on any atom is 0.419 e. The maximum absolute atomic E-state index is 13.3. The standard InChI is InChI=1S/C30H34N4O7S2/c1-30(2,3)41-29(37)34-9-8-19(38-5)16-39-23(15-34)27(35)32-18(14-31)11-20-12-25-26(42-20)13-24(43-25)17-6-7-22-21(10-17)33(4)28(36)40-22/h6-7,10,12-13,18-19,23H,8-9,11,15-16H2,1-5H3,(H,32,35)/t18?,19-,23+/m1/s1. The predicted molar refractivity (Wildman–Crippen MR) is 164 cm³/mol. The number of aromatic nitrogens is 1. The Morgan fingerprint density at radius 1 is 1.21 bits per heavy atom. The van der Waals surface area contributed by atoms with Gasteiger partial charge < -0.3 is 28.8 Å². The molecule has 3 atom stereocenters. The monoisotopic (exact) mass is 626 g/mol. The number of hydrogen-bond donors (Lipinski definition) is 1. The van der Waals surface area contributed by atoms with E-state index in [0.717, 1.165) is 30.2 Å². The van der Waals surface area contributed by atoms with Gasteiger partial charge in [0.2, 0.25) is 0 Å². The fraction of sp³-hybridized carbons (Fsp3) is 0.467. The third kappa shape index (κ3) is 7.10. The van der Waals surface area contributed by atoms with E-state index in [9.17, 15) is 19.6 Å². The van der Waals surface area contributed by atoms with Crippen molar-refractivity contribution in [2.24, 2.45) is 7.05 Å². The number of nitriles is 1. The minimum Gasteiger partial charge on any atom is -0.444 e. The molecule has 2 amide bonds. The number of fused-ring (bicyclic) bond motifs is 2. The molecular formula is C30H34N4O7S2. The van der Waals surface area contributed by atoms with E-state index in [4.69, 9.17) is 18.6 Å². The minimum absolute atomic E-state index is 0.00557. The van der Waals surface area contributed by atoms with Crippen LogP contribution in [0.25, 0.3) is 30.9 Å². The van der Waals surface area contributed by atoms with Crippen molar-refractivity contribution < 1.29 is 28.2 Å².